The van der Waals surface area contributed by atoms with Crippen molar-refractivity contribution in [3.63, 3.8) is 0 Å². The summed E-state index contributed by atoms with van der Waals surface area (Å²) in [5.74, 6) is 4.71. The van der Waals surface area contributed by atoms with E-state index >= 15 is 0 Å². The molecule has 1 aliphatic rings. The second-order valence-electron chi connectivity index (χ2n) is 29.2. The molecule has 0 saturated heterocycles. The zero-order chi connectivity index (χ0) is 84.9. The van der Waals surface area contributed by atoms with E-state index in [9.17, 15) is 4.39 Å². The summed E-state index contributed by atoms with van der Waals surface area (Å²) in [6, 6.07) is 79.0. The predicted molar refractivity (Wildman–Crippen MR) is 475 cm³/mol. The molecule has 122 heavy (non-hydrogen) atoms. The first-order chi connectivity index (χ1) is 59.7. The van der Waals surface area contributed by atoms with Crippen LogP contribution in [0.25, 0.3) is 135 Å². The van der Waals surface area contributed by atoms with Crippen LogP contribution in [0.4, 0.5) is 4.39 Å². The molecule has 0 aliphatic carbocycles. The van der Waals surface area contributed by atoms with E-state index in [4.69, 9.17) is 82.4 Å². The van der Waals surface area contributed by atoms with Gasteiger partial charge in [0.1, 0.15) is 64.7 Å². The highest BCUT2D eigenvalue weighted by atomic mass is 19.1. The third kappa shape index (κ3) is 20.1. The van der Waals surface area contributed by atoms with Crippen molar-refractivity contribution < 1.29 is 56.3 Å². The molecule has 0 atom stereocenters. The van der Waals surface area contributed by atoms with E-state index in [0.717, 1.165) is 147 Å². The molecule has 0 saturated carbocycles. The van der Waals surface area contributed by atoms with Crippen molar-refractivity contribution in [1.82, 2.24) is 41.2 Å². The molecule has 0 fully saturated rings. The van der Waals surface area contributed by atoms with Crippen LogP contribution in [0.5, 0.6) is 23.0 Å². The molecule has 16 aromatic rings. The smallest absolute Gasteiger partial charge is 0.227 e. The van der Waals surface area contributed by atoms with Crippen LogP contribution in [0.15, 0.2) is 248 Å². The van der Waals surface area contributed by atoms with E-state index in [1.165, 1.54) is 17.2 Å². The molecule has 21 nitrogen and oxygen atoms in total. The van der Waals surface area contributed by atoms with Gasteiger partial charge in [-0.3, -0.25) is 0 Å². The fourth-order valence-electron chi connectivity index (χ4n) is 14.8. The van der Waals surface area contributed by atoms with Crippen molar-refractivity contribution in [2.24, 2.45) is 0 Å². The van der Waals surface area contributed by atoms with Gasteiger partial charge in [0.2, 0.25) is 23.6 Å². The molecule has 0 radical (unpaired) electrons. The summed E-state index contributed by atoms with van der Waals surface area (Å²) in [5, 5.41) is 57.6. The molecule has 0 bridgehead atoms. The van der Waals surface area contributed by atoms with E-state index in [1.807, 2.05) is 166 Å². The van der Waals surface area contributed by atoms with Crippen molar-refractivity contribution >= 4 is 44.4 Å². The van der Waals surface area contributed by atoms with Gasteiger partial charge in [-0.25, -0.2) is 24.3 Å². The fourth-order valence-corrected chi connectivity index (χ4v) is 14.8. The molecule has 4 aromatic heterocycles. The predicted octanol–water partition coefficient (Wildman–Crippen LogP) is 19.6. The number of aliphatic hydroxyl groups excluding tert-OH is 3. The number of hydrogen-bond acceptors (Lipinski definition) is 21. The van der Waals surface area contributed by atoms with Crippen LogP contribution in [-0.4, -0.2) is 108 Å². The number of rotatable bonds is 28. The molecule has 22 heteroatoms. The van der Waals surface area contributed by atoms with E-state index in [0.29, 0.717) is 122 Å². The third-order valence-electron chi connectivity index (χ3n) is 20.9. The summed E-state index contributed by atoms with van der Waals surface area (Å²) in [6.07, 6.45) is 1.02. The number of nitrogens with one attached hydrogen (secondary N) is 4. The number of halogens is 1. The number of hydrogen-bond donors (Lipinski definition) is 7. The first-order valence-electron chi connectivity index (χ1n) is 40.7. The summed E-state index contributed by atoms with van der Waals surface area (Å²) < 4.78 is 61.4. The number of oxazole rings is 4. The maximum Gasteiger partial charge on any atom is 0.227 e. The Bertz CT molecular complexity index is 6390. The van der Waals surface area contributed by atoms with Crippen LogP contribution in [0.2, 0.25) is 0 Å². The molecule has 12 aromatic carbocycles. The Morgan fingerprint density at radius 2 is 0.795 bits per heavy atom. The Morgan fingerprint density at radius 3 is 1.31 bits per heavy atom. The van der Waals surface area contributed by atoms with Crippen molar-refractivity contribution in [2.45, 2.75) is 74.1 Å². The Labute approximate surface area is 707 Å². The lowest BCUT2D eigenvalue weighted by molar-refractivity contribution is 0.171. The van der Waals surface area contributed by atoms with E-state index in [-0.39, 0.29) is 38.9 Å². The number of nitriles is 2. The number of benzene rings is 12. The topological polar surface area (TPSA) is 297 Å². The van der Waals surface area contributed by atoms with Crippen LogP contribution in [0.3, 0.4) is 0 Å². The zero-order valence-corrected chi connectivity index (χ0v) is 68.9. The highest BCUT2D eigenvalue weighted by Gasteiger charge is 2.23. The first-order valence-corrected chi connectivity index (χ1v) is 40.7. The maximum absolute atomic E-state index is 14.4. The SMILES string of the molecule is CCCNCc1cc2nc(-c3cccc(-c4ccccc4F)c3C)oc2cc1OCC#N.Cc1c(-c2ccc3c(c2)OCCO3)cccc1-c1nc2cc(CNCCO)cc(C)c2o1.Cc1c(-c2ccccc2)cccc1-c1nc2cc(CNCCO)c(OCC#N)cc2o1.Cc1c(-c2ccccc2)cccc1-c1nc2cc(CNCCO)ccc2o1. The average Bonchev–Trinajstić information content (AvgIpc) is 1.64. The van der Waals surface area contributed by atoms with E-state index in [2.05, 4.69) is 110 Å². The molecule has 0 spiro atoms. The average molecular weight is 1630 g/mol. The molecule has 1 aliphatic heterocycles. The highest BCUT2D eigenvalue weighted by molar-refractivity contribution is 5.87. The number of aromatic nitrogens is 4. The number of fused-ring (bicyclic) bond motifs is 5. The molecule has 0 amide bonds. The molecule has 17 rings (SSSR count). The van der Waals surface area contributed by atoms with Gasteiger partial charge < -0.3 is 73.2 Å². The number of ether oxygens (including phenoxy) is 4. The van der Waals surface area contributed by atoms with Crippen LogP contribution in [0, 0.1) is 63.1 Å². The summed E-state index contributed by atoms with van der Waals surface area (Å²) in [6.45, 7) is 18.6. The first kappa shape index (κ1) is 84.8. The Balaban J connectivity index is 0.000000133. The minimum Gasteiger partial charge on any atom is -0.486 e. The van der Waals surface area contributed by atoms with Crippen molar-refractivity contribution in [2.75, 3.05) is 72.4 Å². The van der Waals surface area contributed by atoms with Gasteiger partial charge in [-0.05, 0) is 198 Å². The van der Waals surface area contributed by atoms with Gasteiger partial charge in [0.15, 0.2) is 47.0 Å². The van der Waals surface area contributed by atoms with Gasteiger partial charge in [-0.2, -0.15) is 10.5 Å². The van der Waals surface area contributed by atoms with Gasteiger partial charge in [-0.15, -0.1) is 0 Å². The molecule has 5 heterocycles. The van der Waals surface area contributed by atoms with Crippen LogP contribution >= 0.6 is 0 Å². The minimum absolute atomic E-state index is 0.0434. The minimum atomic E-state index is -0.270. The van der Waals surface area contributed by atoms with Gasteiger partial charge >= 0.3 is 0 Å². The normalized spacial score (nSPS) is 11.5. The molecule has 618 valence electrons. The molecule has 0 unspecified atom stereocenters. The van der Waals surface area contributed by atoms with Gasteiger partial charge in [0.05, 0.1) is 19.8 Å². The Morgan fingerprint density at radius 1 is 0.377 bits per heavy atom. The zero-order valence-electron chi connectivity index (χ0n) is 68.9. The summed E-state index contributed by atoms with van der Waals surface area (Å²) in [7, 11) is 0. The van der Waals surface area contributed by atoms with Crippen molar-refractivity contribution in [1.29, 1.82) is 10.5 Å². The number of aryl methyl sites for hydroxylation is 1. The maximum atomic E-state index is 14.4. The number of nitrogens with zero attached hydrogens (tertiary/aromatic N) is 6. The molecular formula is C100H95FN10O11. The lowest BCUT2D eigenvalue weighted by Crippen LogP contribution is -2.18. The van der Waals surface area contributed by atoms with Gasteiger partial charge in [-0.1, -0.05) is 153 Å². The second kappa shape index (κ2) is 40.9. The number of aliphatic hydroxyl groups is 3. The highest BCUT2D eigenvalue weighted by Crippen LogP contribution is 2.42. The van der Waals surface area contributed by atoms with E-state index in [1.54, 1.807) is 24.3 Å². The van der Waals surface area contributed by atoms with Crippen LogP contribution in [0.1, 0.15) is 63.4 Å². The fraction of sp³-hybridized carbons (Fsp3) is 0.220. The van der Waals surface area contributed by atoms with Crippen molar-refractivity contribution in [3.05, 3.63) is 286 Å². The standard InChI is InChI=1S/C26H24FN3O2.C26H26N2O4.C25H23N3O3.C23H22N2O2/c1-3-12-29-16-18-14-23-25(15-24(18)31-13-11-28)32-26(30-23)20-9-6-8-19(17(20)2)21-7-4-5-10-22(21)27;1-16-12-18(15-27-8-9-29)13-22-25(16)32-26(28-22)21-5-3-4-20(17(21)2)19-6-7-23-24(14-19)31-11-10-30-23;1-17-20(18-6-3-2-4-7-18)8-5-9-21(17)25-28-22-14-19(16-27-11-12-29)23(30-13-10-26)15-24(22)31-25;1-16-19(18-6-3-2-4-7-18)8-5-9-20(16)23-25-21-14-17(15-24-12-13-26)10-11-22(21)27-23/h4-10,14-15,29H,3,12-13,16H2,1-2H3;3-7,12-14,27,29H,8-11,15H2,1-2H3;2-9,14-15,27,29H,11-13,16H2,1H3;2-11,14,24,26H,12-13,15H2,1H3. The second-order valence-corrected chi connectivity index (χ2v) is 29.2. The van der Waals surface area contributed by atoms with Crippen molar-refractivity contribution in [3.8, 4) is 125 Å². The third-order valence-corrected chi connectivity index (χ3v) is 20.9. The van der Waals surface area contributed by atoms with Gasteiger partial charge in [0.25, 0.3) is 0 Å². The lowest BCUT2D eigenvalue weighted by Gasteiger charge is -2.19. The lowest BCUT2D eigenvalue weighted by atomic mass is 9.96. The summed E-state index contributed by atoms with van der Waals surface area (Å²) in [5.41, 5.74) is 27.0. The molecule has 7 N–H and O–H groups in total. The monoisotopic (exact) mass is 1630 g/mol. The summed E-state index contributed by atoms with van der Waals surface area (Å²) in [4.78, 5) is 19.0. The molecular weight excluding hydrogens is 1540 g/mol. The largest absolute Gasteiger partial charge is 0.486 e. The van der Waals surface area contributed by atoms with E-state index < -0.39 is 0 Å². The Hall–Kier alpha value is -13.7. The quantitative estimate of drug-likeness (QED) is 0.0224. The van der Waals surface area contributed by atoms with Crippen LogP contribution in [-0.2, 0) is 26.2 Å². The summed E-state index contributed by atoms with van der Waals surface area (Å²) >= 11 is 0. The van der Waals surface area contributed by atoms with Crippen LogP contribution < -0.4 is 40.2 Å². The van der Waals surface area contributed by atoms with Gasteiger partial charge in [0, 0.05) is 96.9 Å². The Kier molecular flexibility index (Phi) is 28.4.